The summed E-state index contributed by atoms with van der Waals surface area (Å²) in [5.41, 5.74) is 0.453. The highest BCUT2D eigenvalue weighted by atomic mass is 16.5. The maximum Gasteiger partial charge on any atom is 0.309 e. The molecule has 4 saturated carbocycles. The smallest absolute Gasteiger partial charge is 0.309 e. The van der Waals surface area contributed by atoms with Crippen molar-refractivity contribution in [3.8, 4) is 0 Å². The molecule has 4 heteroatoms. The normalized spacial score (nSPS) is 47.4. The molecule has 0 heterocycles. The van der Waals surface area contributed by atoms with Gasteiger partial charge in [-0.25, -0.2) is 0 Å². The van der Waals surface area contributed by atoms with Crippen LogP contribution in [0.4, 0.5) is 0 Å². The third kappa shape index (κ3) is 2.48. The van der Waals surface area contributed by atoms with Crippen molar-refractivity contribution in [1.29, 1.82) is 0 Å². The van der Waals surface area contributed by atoms with E-state index in [9.17, 15) is 14.7 Å². The molecule has 28 heavy (non-hydrogen) atoms. The topological polar surface area (TPSA) is 63.6 Å². The molecule has 4 aliphatic rings. The summed E-state index contributed by atoms with van der Waals surface area (Å²) in [6, 6.07) is 0. The molecule has 0 aromatic rings. The summed E-state index contributed by atoms with van der Waals surface area (Å²) >= 11 is 0. The van der Waals surface area contributed by atoms with Gasteiger partial charge in [-0.2, -0.15) is 0 Å². The Hall–Kier alpha value is -1.32. The average Bonchev–Trinajstić information content (AvgIpc) is 2.81. The number of esters is 1. The molecule has 0 amide bonds. The van der Waals surface area contributed by atoms with E-state index in [1.807, 2.05) is 20.8 Å². The maximum atomic E-state index is 12.5. The summed E-state index contributed by atoms with van der Waals surface area (Å²) in [6.07, 6.45) is 7.84. The van der Waals surface area contributed by atoms with E-state index in [2.05, 4.69) is 13.5 Å². The van der Waals surface area contributed by atoms with Gasteiger partial charge in [0.25, 0.3) is 0 Å². The van der Waals surface area contributed by atoms with E-state index in [4.69, 9.17) is 4.74 Å². The Balaban J connectivity index is 1.73. The number of carbonyl (C=O) groups excluding carboxylic acids is 1. The average molecular weight is 389 g/mol. The number of carboxylic acid groups (broad SMARTS) is 1. The third-order valence-corrected chi connectivity index (χ3v) is 9.37. The lowest BCUT2D eigenvalue weighted by atomic mass is 9.40. The van der Waals surface area contributed by atoms with Gasteiger partial charge in [-0.1, -0.05) is 33.8 Å². The van der Waals surface area contributed by atoms with Crippen LogP contribution in [-0.4, -0.2) is 23.1 Å². The second kappa shape index (κ2) is 6.34. The number of ether oxygens (including phenoxy) is 1. The zero-order valence-electron chi connectivity index (χ0n) is 17.9. The summed E-state index contributed by atoms with van der Waals surface area (Å²) < 4.78 is 6.13. The first-order valence-corrected chi connectivity index (χ1v) is 11.2. The summed E-state index contributed by atoms with van der Waals surface area (Å²) in [4.78, 5) is 24.8. The van der Waals surface area contributed by atoms with Gasteiger partial charge in [0.15, 0.2) is 0 Å². The van der Waals surface area contributed by atoms with E-state index in [-0.39, 0.29) is 34.7 Å². The first-order chi connectivity index (χ1) is 13.1. The summed E-state index contributed by atoms with van der Waals surface area (Å²) in [6.45, 7) is 12.5. The van der Waals surface area contributed by atoms with Crippen LogP contribution in [0.3, 0.4) is 0 Å². The number of rotatable bonds is 3. The Morgan fingerprint density at radius 3 is 2.46 bits per heavy atom. The first-order valence-electron chi connectivity index (χ1n) is 11.2. The monoisotopic (exact) mass is 388 g/mol. The summed E-state index contributed by atoms with van der Waals surface area (Å²) in [5.74, 6) is 0.174. The van der Waals surface area contributed by atoms with E-state index in [1.54, 1.807) is 0 Å². The maximum absolute atomic E-state index is 12.5. The van der Waals surface area contributed by atoms with E-state index in [0.29, 0.717) is 11.8 Å². The minimum Gasteiger partial charge on any atom is -0.481 e. The van der Waals surface area contributed by atoms with E-state index in [1.165, 1.54) is 0 Å². The fraction of sp³-hybridized carbons (Fsp3) is 0.833. The molecule has 4 fully saturated rings. The van der Waals surface area contributed by atoms with Crippen LogP contribution in [0, 0.1) is 39.9 Å². The van der Waals surface area contributed by atoms with Gasteiger partial charge >= 0.3 is 11.9 Å². The molecule has 156 valence electrons. The summed E-state index contributed by atoms with van der Waals surface area (Å²) in [5, 5.41) is 10.1. The highest BCUT2D eigenvalue weighted by Crippen LogP contribution is 2.72. The Bertz CT molecular complexity index is 711. The van der Waals surface area contributed by atoms with Crippen LogP contribution >= 0.6 is 0 Å². The lowest BCUT2D eigenvalue weighted by Crippen LogP contribution is -2.60. The Kier molecular flexibility index (Phi) is 4.52. The molecule has 1 N–H and O–H groups in total. The quantitative estimate of drug-likeness (QED) is 0.532. The molecule has 4 rings (SSSR count). The molecule has 0 aromatic heterocycles. The van der Waals surface area contributed by atoms with Crippen LogP contribution in [0.25, 0.3) is 0 Å². The highest BCUT2D eigenvalue weighted by Gasteiger charge is 2.68. The molecule has 0 aromatic carbocycles. The molecular weight excluding hydrogens is 352 g/mol. The SMILES string of the molecule is C=C1[C@@H]2CC[C@H]3[C@]4(C)CCC[C@@](C)(C(=O)O)[C@H]4CC[C@]3(C2)[C@H]1OC(=O)C(C)C. The van der Waals surface area contributed by atoms with Gasteiger partial charge in [0.2, 0.25) is 0 Å². The number of hydrogen-bond donors (Lipinski definition) is 1. The van der Waals surface area contributed by atoms with Crippen LogP contribution in [0.5, 0.6) is 0 Å². The number of carboxylic acids is 1. The van der Waals surface area contributed by atoms with Gasteiger partial charge in [0, 0.05) is 5.41 Å². The molecule has 0 unspecified atom stereocenters. The van der Waals surface area contributed by atoms with E-state index in [0.717, 1.165) is 56.9 Å². The Morgan fingerprint density at radius 2 is 1.82 bits per heavy atom. The zero-order valence-corrected chi connectivity index (χ0v) is 17.9. The predicted octanol–water partition coefficient (Wildman–Crippen LogP) is 5.22. The second-order valence-electron chi connectivity index (χ2n) is 11.0. The minimum absolute atomic E-state index is 0.00170. The zero-order chi connectivity index (χ0) is 20.5. The molecular formula is C24H36O4. The third-order valence-electron chi connectivity index (χ3n) is 9.37. The molecule has 1 spiro atoms. The molecule has 2 bridgehead atoms. The van der Waals surface area contributed by atoms with Crippen molar-refractivity contribution >= 4 is 11.9 Å². The van der Waals surface area contributed by atoms with Crippen molar-refractivity contribution in [3.63, 3.8) is 0 Å². The van der Waals surface area contributed by atoms with Gasteiger partial charge in [-0.3, -0.25) is 9.59 Å². The molecule has 4 aliphatic carbocycles. The lowest BCUT2D eigenvalue weighted by molar-refractivity contribution is -0.197. The van der Waals surface area contributed by atoms with Gasteiger partial charge in [-0.15, -0.1) is 0 Å². The largest absolute Gasteiger partial charge is 0.481 e. The van der Waals surface area contributed by atoms with Crippen LogP contribution in [0.1, 0.15) is 79.1 Å². The van der Waals surface area contributed by atoms with E-state index < -0.39 is 11.4 Å². The lowest BCUT2D eigenvalue weighted by Gasteiger charge is -2.63. The van der Waals surface area contributed by atoms with Crippen LogP contribution in [0.15, 0.2) is 12.2 Å². The van der Waals surface area contributed by atoms with Crippen molar-refractivity contribution < 1.29 is 19.4 Å². The minimum atomic E-state index is -0.634. The fourth-order valence-corrected chi connectivity index (χ4v) is 8.03. The number of aliphatic carboxylic acids is 1. The van der Waals surface area contributed by atoms with Crippen LogP contribution in [0.2, 0.25) is 0 Å². The van der Waals surface area contributed by atoms with Crippen molar-refractivity contribution in [2.24, 2.45) is 39.9 Å². The van der Waals surface area contributed by atoms with Gasteiger partial charge in [-0.05, 0) is 80.6 Å². The molecule has 0 aliphatic heterocycles. The van der Waals surface area contributed by atoms with Crippen molar-refractivity contribution in [1.82, 2.24) is 0 Å². The van der Waals surface area contributed by atoms with Crippen molar-refractivity contribution in [2.45, 2.75) is 85.2 Å². The summed E-state index contributed by atoms with van der Waals surface area (Å²) in [7, 11) is 0. The van der Waals surface area contributed by atoms with Gasteiger partial charge < -0.3 is 9.84 Å². The Morgan fingerprint density at radius 1 is 1.11 bits per heavy atom. The van der Waals surface area contributed by atoms with Crippen molar-refractivity contribution in [3.05, 3.63) is 12.2 Å². The van der Waals surface area contributed by atoms with Crippen LogP contribution in [-0.2, 0) is 14.3 Å². The standard InChI is InChI=1S/C24H36O4/c1-14(2)20(25)28-19-15(3)16-7-8-18-22(4)10-6-11-23(5,21(26)27)17(22)9-12-24(18,19)13-16/h14,16-19H,3,6-13H2,1-2,4-5H3,(H,26,27)/t16-,17+,18+,19+,22-,23-,24-/m1/s1. The number of carbonyl (C=O) groups is 2. The first kappa shape index (κ1) is 20.0. The molecule has 7 atom stereocenters. The predicted molar refractivity (Wildman–Crippen MR) is 108 cm³/mol. The highest BCUT2D eigenvalue weighted by molar-refractivity contribution is 5.75. The molecule has 0 radical (unpaired) electrons. The number of hydrogen-bond acceptors (Lipinski definition) is 3. The molecule has 4 nitrogen and oxygen atoms in total. The van der Waals surface area contributed by atoms with E-state index >= 15 is 0 Å². The fourth-order valence-electron chi connectivity index (χ4n) is 8.03. The van der Waals surface area contributed by atoms with Gasteiger partial charge in [0.1, 0.15) is 6.10 Å². The second-order valence-corrected chi connectivity index (χ2v) is 11.0. The van der Waals surface area contributed by atoms with Crippen molar-refractivity contribution in [2.75, 3.05) is 0 Å². The van der Waals surface area contributed by atoms with Gasteiger partial charge in [0.05, 0.1) is 11.3 Å². The molecule has 0 saturated heterocycles. The Labute approximate surface area is 169 Å². The van der Waals surface area contributed by atoms with Crippen LogP contribution < -0.4 is 0 Å². The number of fused-ring (bicyclic) bond motifs is 3.